The van der Waals surface area contributed by atoms with Crippen LogP contribution in [-0.2, 0) is 4.74 Å². The highest BCUT2D eigenvalue weighted by Crippen LogP contribution is 2.31. The van der Waals surface area contributed by atoms with Gasteiger partial charge in [-0.1, -0.05) is 6.08 Å². The fraction of sp³-hybridized carbons (Fsp3) is 0.391. The van der Waals surface area contributed by atoms with Crippen molar-refractivity contribution in [2.24, 2.45) is 10.1 Å². The van der Waals surface area contributed by atoms with E-state index in [9.17, 15) is 4.79 Å². The highest BCUT2D eigenvalue weighted by Gasteiger charge is 2.30. The number of ether oxygens (including phenoxy) is 1. The molecule has 0 atom stereocenters. The molecular weight excluding hydrogens is 410 g/mol. The van der Waals surface area contributed by atoms with E-state index in [0.717, 1.165) is 60.7 Å². The van der Waals surface area contributed by atoms with Crippen molar-refractivity contribution >= 4 is 35.3 Å². The first-order valence-corrected chi connectivity index (χ1v) is 11.4. The molecule has 4 rings (SSSR count). The lowest BCUT2D eigenvalue weighted by Gasteiger charge is -2.30. The molecule has 1 aromatic rings. The van der Waals surface area contributed by atoms with Gasteiger partial charge in [0.15, 0.2) is 11.6 Å². The van der Waals surface area contributed by atoms with Crippen LogP contribution in [0.5, 0.6) is 0 Å². The monoisotopic (exact) mass is 437 g/mol. The van der Waals surface area contributed by atoms with E-state index in [4.69, 9.17) is 15.1 Å². The summed E-state index contributed by atoms with van der Waals surface area (Å²) in [6.07, 6.45) is 14.5. The van der Waals surface area contributed by atoms with E-state index in [1.807, 2.05) is 24.3 Å². The van der Waals surface area contributed by atoms with Crippen molar-refractivity contribution in [2.75, 3.05) is 13.7 Å². The molecule has 1 saturated carbocycles. The summed E-state index contributed by atoms with van der Waals surface area (Å²) < 4.78 is 5.04. The third-order valence-corrected chi connectivity index (χ3v) is 6.29. The molecule has 8 heteroatoms. The van der Waals surface area contributed by atoms with Crippen LogP contribution in [0.25, 0.3) is 0 Å². The van der Waals surface area contributed by atoms with Gasteiger partial charge in [-0.05, 0) is 50.3 Å². The van der Waals surface area contributed by atoms with E-state index in [0.29, 0.717) is 23.2 Å². The molecule has 1 aromatic heterocycles. The first kappa shape index (κ1) is 21.4. The zero-order valence-electron chi connectivity index (χ0n) is 17.6. The first-order chi connectivity index (χ1) is 15.2. The number of methoxy groups -OCH3 is 1. The number of nitrogens with zero attached hydrogens (tertiary/aromatic N) is 3. The molecule has 3 aliphatic rings. The fourth-order valence-electron chi connectivity index (χ4n) is 3.31. The number of carbonyl (C=O) groups is 1. The van der Waals surface area contributed by atoms with Gasteiger partial charge in [0, 0.05) is 50.3 Å². The lowest BCUT2D eigenvalue weighted by Crippen LogP contribution is -2.34. The Balaban J connectivity index is 1.51. The normalized spacial score (nSPS) is 18.2. The number of aliphatic imine (C=N–C) groups is 1. The Morgan fingerprint density at radius 2 is 2.26 bits per heavy atom. The number of rotatable bonds is 11. The van der Waals surface area contributed by atoms with Gasteiger partial charge in [-0.3, -0.25) is 4.79 Å². The Labute approximate surface area is 186 Å². The van der Waals surface area contributed by atoms with Crippen LogP contribution in [0.4, 0.5) is 0 Å². The number of hydrazone groups is 1. The molecule has 31 heavy (non-hydrogen) atoms. The van der Waals surface area contributed by atoms with E-state index >= 15 is 0 Å². The van der Waals surface area contributed by atoms with Crippen LogP contribution in [0, 0.1) is 5.41 Å². The van der Waals surface area contributed by atoms with Crippen LogP contribution in [-0.4, -0.2) is 48.7 Å². The van der Waals surface area contributed by atoms with Crippen LogP contribution in [0.15, 0.2) is 57.7 Å². The molecular formula is C23H27N5O2S. The Morgan fingerprint density at radius 3 is 3.03 bits per heavy atom. The zero-order valence-corrected chi connectivity index (χ0v) is 18.5. The number of thiophene rings is 1. The summed E-state index contributed by atoms with van der Waals surface area (Å²) in [7, 11) is 1.70. The number of allylic oxidation sites excluding steroid dienone is 4. The lowest BCUT2D eigenvalue weighted by atomic mass is 10.1. The minimum atomic E-state index is 0.0167. The van der Waals surface area contributed by atoms with Gasteiger partial charge in [0.05, 0.1) is 15.5 Å². The molecule has 0 radical (unpaired) electrons. The average Bonchev–Trinajstić information content (AvgIpc) is 3.46. The van der Waals surface area contributed by atoms with Crippen molar-refractivity contribution in [3.8, 4) is 0 Å². The van der Waals surface area contributed by atoms with Gasteiger partial charge in [-0.15, -0.1) is 11.3 Å². The van der Waals surface area contributed by atoms with Crippen molar-refractivity contribution in [3.63, 3.8) is 0 Å². The second kappa shape index (κ2) is 9.98. The SMILES string of the molecule is COCCCC/C=C/C(=O)c1ccc(C2=NC3=C(C=N)CC=NN3C(NC3CC3)=C2)s1. The van der Waals surface area contributed by atoms with E-state index in [1.54, 1.807) is 24.4 Å². The number of fused-ring (bicyclic) bond motifs is 1. The van der Waals surface area contributed by atoms with E-state index < -0.39 is 0 Å². The van der Waals surface area contributed by atoms with Crippen LogP contribution in [0.1, 0.15) is 53.1 Å². The molecule has 0 unspecified atom stereocenters. The Kier molecular flexibility index (Phi) is 6.89. The second-order valence-corrected chi connectivity index (χ2v) is 8.76. The van der Waals surface area contributed by atoms with Gasteiger partial charge in [0.25, 0.3) is 0 Å². The third-order valence-electron chi connectivity index (χ3n) is 5.17. The predicted molar refractivity (Wildman–Crippen MR) is 125 cm³/mol. The standard InChI is InChI=1S/C23H27N5O2S/c1-30-13-5-3-2-4-6-19(29)21-10-9-20(31-21)18-14-22(26-17-7-8-17)28-23(27-18)16(15-24)11-12-25-28/h4,6,9-10,12,14-15,17,24,26H,2-3,5,7-8,11,13H2,1H3/b6-4+,24-15?. The molecule has 0 amide bonds. The minimum Gasteiger partial charge on any atom is -0.385 e. The smallest absolute Gasteiger partial charge is 0.195 e. The predicted octanol–water partition coefficient (Wildman–Crippen LogP) is 4.25. The molecule has 1 aliphatic carbocycles. The molecule has 0 bridgehead atoms. The van der Waals surface area contributed by atoms with Gasteiger partial charge < -0.3 is 15.5 Å². The van der Waals surface area contributed by atoms with Crippen molar-refractivity contribution in [3.05, 3.63) is 57.3 Å². The van der Waals surface area contributed by atoms with Crippen molar-refractivity contribution in [1.82, 2.24) is 10.3 Å². The van der Waals surface area contributed by atoms with Gasteiger partial charge in [-0.2, -0.15) is 10.1 Å². The quantitative estimate of drug-likeness (QED) is 0.234. The summed E-state index contributed by atoms with van der Waals surface area (Å²) in [6, 6.07) is 4.27. The molecule has 7 nitrogen and oxygen atoms in total. The van der Waals surface area contributed by atoms with Crippen LogP contribution in [0.2, 0.25) is 0 Å². The maximum absolute atomic E-state index is 12.5. The molecule has 1 fully saturated rings. The summed E-state index contributed by atoms with van der Waals surface area (Å²) in [5, 5.41) is 17.5. The Hall–Kier alpha value is -2.84. The maximum Gasteiger partial charge on any atom is 0.195 e. The Bertz CT molecular complexity index is 997. The molecule has 3 heterocycles. The van der Waals surface area contributed by atoms with Crippen LogP contribution < -0.4 is 5.32 Å². The summed E-state index contributed by atoms with van der Waals surface area (Å²) in [5.74, 6) is 1.56. The second-order valence-electron chi connectivity index (χ2n) is 7.67. The molecule has 2 N–H and O–H groups in total. The summed E-state index contributed by atoms with van der Waals surface area (Å²) >= 11 is 1.44. The summed E-state index contributed by atoms with van der Waals surface area (Å²) in [5.41, 5.74) is 1.61. The number of nitrogens with one attached hydrogen (secondary N) is 2. The Morgan fingerprint density at radius 1 is 1.39 bits per heavy atom. The molecule has 0 saturated heterocycles. The molecule has 2 aliphatic heterocycles. The van der Waals surface area contributed by atoms with Crippen molar-refractivity contribution < 1.29 is 9.53 Å². The van der Waals surface area contributed by atoms with Crippen molar-refractivity contribution in [2.45, 2.75) is 44.6 Å². The van der Waals surface area contributed by atoms with Crippen LogP contribution >= 0.6 is 11.3 Å². The fourth-order valence-corrected chi connectivity index (χ4v) is 4.20. The lowest BCUT2D eigenvalue weighted by molar-refractivity contribution is 0.105. The largest absolute Gasteiger partial charge is 0.385 e. The number of unbranched alkanes of at least 4 members (excludes halogenated alkanes) is 2. The topological polar surface area (TPSA) is 90.1 Å². The minimum absolute atomic E-state index is 0.0167. The van der Waals surface area contributed by atoms with Crippen molar-refractivity contribution in [1.29, 1.82) is 5.41 Å². The number of carbonyl (C=O) groups excluding carboxylic acids is 1. The number of hydrogen-bond acceptors (Lipinski definition) is 8. The summed E-state index contributed by atoms with van der Waals surface area (Å²) in [6.45, 7) is 0.752. The molecule has 162 valence electrons. The van der Waals surface area contributed by atoms with Gasteiger partial charge in [0.1, 0.15) is 5.82 Å². The highest BCUT2D eigenvalue weighted by molar-refractivity contribution is 7.16. The first-order valence-electron chi connectivity index (χ1n) is 10.6. The van der Waals surface area contributed by atoms with E-state index in [-0.39, 0.29) is 5.78 Å². The number of hydrogen-bond donors (Lipinski definition) is 2. The van der Waals surface area contributed by atoms with Crippen LogP contribution in [0.3, 0.4) is 0 Å². The van der Waals surface area contributed by atoms with Gasteiger partial charge in [-0.25, -0.2) is 4.99 Å². The van der Waals surface area contributed by atoms with Gasteiger partial charge in [0.2, 0.25) is 0 Å². The summed E-state index contributed by atoms with van der Waals surface area (Å²) in [4.78, 5) is 19.0. The molecule has 0 aromatic carbocycles. The zero-order chi connectivity index (χ0) is 21.6. The number of ketones is 1. The third kappa shape index (κ3) is 5.26. The van der Waals surface area contributed by atoms with Gasteiger partial charge >= 0.3 is 0 Å². The average molecular weight is 438 g/mol. The van der Waals surface area contributed by atoms with E-state index in [2.05, 4.69) is 10.4 Å². The highest BCUT2D eigenvalue weighted by atomic mass is 32.1. The maximum atomic E-state index is 12.5. The van der Waals surface area contributed by atoms with E-state index in [1.165, 1.54) is 17.6 Å². The molecule has 0 spiro atoms.